The van der Waals surface area contributed by atoms with Crippen LogP contribution in [0.5, 0.6) is 5.75 Å². The van der Waals surface area contributed by atoms with Crippen molar-refractivity contribution in [1.82, 2.24) is 20.2 Å². The maximum absolute atomic E-state index is 13.7. The van der Waals surface area contributed by atoms with Crippen molar-refractivity contribution in [3.05, 3.63) is 69.8 Å². The number of methoxy groups -OCH3 is 1. The molecule has 8 nitrogen and oxygen atoms in total. The summed E-state index contributed by atoms with van der Waals surface area (Å²) in [4.78, 5) is 13.5. The molecule has 3 aromatic rings. The standard InChI is InChI=1S/C31H35F6N5O3/c1-18(2)20-6-7-26(45-5)25(12-20)24-8-9-29(3,4)14-21(24)16-41(28-38-40-42(39-28)17-27(43)44)15-19-10-22(30(32,33)34)13-23(11-19)31(35,36)37/h6-7,10-13,18H,8-9,14-17H2,1-5H3,(H,43,44). The number of tetrazole rings is 1. The number of anilines is 1. The summed E-state index contributed by atoms with van der Waals surface area (Å²) in [5.74, 6) is -0.543. The van der Waals surface area contributed by atoms with Crippen LogP contribution in [-0.2, 0) is 30.2 Å². The van der Waals surface area contributed by atoms with Gasteiger partial charge in [0.05, 0.1) is 18.2 Å². The van der Waals surface area contributed by atoms with Crippen LogP contribution in [-0.4, -0.2) is 44.9 Å². The number of ether oxygens (including phenoxy) is 1. The fourth-order valence-corrected chi connectivity index (χ4v) is 5.52. The number of hydrogen-bond acceptors (Lipinski definition) is 6. The third-order valence-electron chi connectivity index (χ3n) is 7.79. The molecule has 14 heteroatoms. The fraction of sp³-hybridized carbons (Fsp3) is 0.484. The maximum Gasteiger partial charge on any atom is 0.416 e. The van der Waals surface area contributed by atoms with Crippen LogP contribution < -0.4 is 9.64 Å². The van der Waals surface area contributed by atoms with Gasteiger partial charge in [0.1, 0.15) is 5.75 Å². The number of aliphatic carboxylic acids is 1. The minimum absolute atomic E-state index is 0.0319. The lowest BCUT2D eigenvalue weighted by atomic mass is 9.72. The summed E-state index contributed by atoms with van der Waals surface area (Å²) in [7, 11) is 1.56. The van der Waals surface area contributed by atoms with Crippen LogP contribution >= 0.6 is 0 Å². The minimum Gasteiger partial charge on any atom is -0.496 e. The van der Waals surface area contributed by atoms with Crippen molar-refractivity contribution >= 4 is 17.5 Å². The van der Waals surface area contributed by atoms with E-state index in [4.69, 9.17) is 4.74 Å². The van der Waals surface area contributed by atoms with Gasteiger partial charge < -0.3 is 14.7 Å². The van der Waals surface area contributed by atoms with E-state index in [1.54, 1.807) is 7.11 Å². The summed E-state index contributed by atoms with van der Waals surface area (Å²) in [6, 6.07) is 7.31. The average Bonchev–Trinajstić information content (AvgIpc) is 3.38. The van der Waals surface area contributed by atoms with Gasteiger partial charge in [-0.25, -0.2) is 0 Å². The van der Waals surface area contributed by atoms with Crippen molar-refractivity contribution in [1.29, 1.82) is 0 Å². The lowest BCUT2D eigenvalue weighted by Gasteiger charge is -2.36. The van der Waals surface area contributed by atoms with Crippen molar-refractivity contribution in [2.24, 2.45) is 5.41 Å². The normalized spacial score (nSPS) is 15.5. The molecule has 0 bridgehead atoms. The molecule has 4 rings (SSSR count). The summed E-state index contributed by atoms with van der Waals surface area (Å²) in [6.45, 7) is 7.24. The highest BCUT2D eigenvalue weighted by Gasteiger charge is 2.37. The second kappa shape index (κ2) is 12.7. The molecule has 0 unspecified atom stereocenters. The Kier molecular flexibility index (Phi) is 9.55. The lowest BCUT2D eigenvalue weighted by Crippen LogP contribution is -2.31. The van der Waals surface area contributed by atoms with E-state index >= 15 is 0 Å². The number of carbonyl (C=O) groups is 1. The molecule has 1 heterocycles. The molecule has 0 saturated heterocycles. The van der Waals surface area contributed by atoms with Gasteiger partial charge in [-0.05, 0) is 88.4 Å². The predicted octanol–water partition coefficient (Wildman–Crippen LogP) is 7.60. The second-order valence-electron chi connectivity index (χ2n) is 12.3. The first-order valence-corrected chi connectivity index (χ1v) is 14.3. The molecule has 45 heavy (non-hydrogen) atoms. The van der Waals surface area contributed by atoms with Crippen molar-refractivity contribution in [3.8, 4) is 5.75 Å². The van der Waals surface area contributed by atoms with E-state index in [0.29, 0.717) is 30.7 Å². The Morgan fingerprint density at radius 3 is 2.24 bits per heavy atom. The summed E-state index contributed by atoms with van der Waals surface area (Å²) >= 11 is 0. The zero-order valence-electron chi connectivity index (χ0n) is 25.6. The molecule has 1 aliphatic rings. The molecule has 1 N–H and O–H groups in total. The number of carboxylic acid groups (broad SMARTS) is 1. The Morgan fingerprint density at radius 2 is 1.69 bits per heavy atom. The van der Waals surface area contributed by atoms with E-state index in [0.717, 1.165) is 33.5 Å². The van der Waals surface area contributed by atoms with Gasteiger partial charge in [0.2, 0.25) is 0 Å². The van der Waals surface area contributed by atoms with Gasteiger partial charge in [0.25, 0.3) is 5.95 Å². The molecular formula is C31H35F6N5O3. The van der Waals surface area contributed by atoms with Crippen LogP contribution in [0, 0.1) is 5.41 Å². The number of nitrogens with zero attached hydrogens (tertiary/aromatic N) is 5. The van der Waals surface area contributed by atoms with Crippen molar-refractivity contribution < 1.29 is 41.0 Å². The number of benzene rings is 2. The Morgan fingerprint density at radius 1 is 1.04 bits per heavy atom. The molecule has 244 valence electrons. The number of alkyl halides is 6. The molecule has 0 fully saturated rings. The molecule has 0 aliphatic heterocycles. The summed E-state index contributed by atoms with van der Waals surface area (Å²) in [6.07, 6.45) is -8.01. The molecule has 0 saturated carbocycles. The van der Waals surface area contributed by atoms with E-state index < -0.39 is 42.5 Å². The number of allylic oxidation sites excluding steroid dienone is 1. The summed E-state index contributed by atoms with van der Waals surface area (Å²) in [5, 5.41) is 21.0. The van der Waals surface area contributed by atoms with Gasteiger partial charge in [0.15, 0.2) is 6.54 Å². The zero-order chi connectivity index (χ0) is 33.3. The molecule has 0 amide bonds. The predicted molar refractivity (Wildman–Crippen MR) is 155 cm³/mol. The molecule has 2 aromatic carbocycles. The maximum atomic E-state index is 13.7. The molecule has 0 atom stereocenters. The molecule has 0 spiro atoms. The van der Waals surface area contributed by atoms with Gasteiger partial charge in [-0.15, -0.1) is 5.10 Å². The SMILES string of the molecule is COc1ccc(C(C)C)cc1C1=C(CN(Cc2cc(C(F)(F)F)cc(C(F)(F)F)c2)c2nnn(CC(=O)O)n2)CC(C)(C)CC1. The minimum atomic E-state index is -5.02. The highest BCUT2D eigenvalue weighted by atomic mass is 19.4. The summed E-state index contributed by atoms with van der Waals surface area (Å²) < 4.78 is 87.8. The third kappa shape index (κ3) is 8.34. The van der Waals surface area contributed by atoms with Crippen molar-refractivity contribution in [3.63, 3.8) is 0 Å². The monoisotopic (exact) mass is 639 g/mol. The number of hydrogen-bond donors (Lipinski definition) is 1. The number of carboxylic acids is 1. The first-order chi connectivity index (χ1) is 20.9. The fourth-order valence-electron chi connectivity index (χ4n) is 5.52. The van der Waals surface area contributed by atoms with E-state index in [1.807, 2.05) is 18.2 Å². The van der Waals surface area contributed by atoms with E-state index in [9.17, 15) is 36.2 Å². The Bertz CT molecular complexity index is 1540. The Labute approximate surface area is 256 Å². The summed E-state index contributed by atoms with van der Waals surface area (Å²) in [5.41, 5.74) is 0.438. The van der Waals surface area contributed by atoms with Gasteiger partial charge in [-0.2, -0.15) is 31.1 Å². The van der Waals surface area contributed by atoms with Crippen LogP contribution in [0.1, 0.15) is 80.7 Å². The van der Waals surface area contributed by atoms with E-state index in [2.05, 4.69) is 43.1 Å². The third-order valence-corrected chi connectivity index (χ3v) is 7.79. The topological polar surface area (TPSA) is 93.4 Å². The van der Waals surface area contributed by atoms with Crippen molar-refractivity contribution in [2.45, 2.75) is 78.3 Å². The van der Waals surface area contributed by atoms with Crippen LogP contribution in [0.15, 0.2) is 42.0 Å². The molecule has 1 aliphatic carbocycles. The average molecular weight is 640 g/mol. The Hall–Kier alpha value is -4.10. The number of aromatic nitrogens is 4. The molecule has 1 aromatic heterocycles. The zero-order valence-corrected chi connectivity index (χ0v) is 25.6. The molecule has 0 radical (unpaired) electrons. The van der Waals surface area contributed by atoms with Gasteiger partial charge in [0, 0.05) is 18.7 Å². The lowest BCUT2D eigenvalue weighted by molar-refractivity contribution is -0.143. The largest absolute Gasteiger partial charge is 0.496 e. The number of rotatable bonds is 10. The van der Waals surface area contributed by atoms with E-state index in [-0.39, 0.29) is 35.5 Å². The van der Waals surface area contributed by atoms with Gasteiger partial charge in [-0.3, -0.25) is 4.79 Å². The first kappa shape index (κ1) is 33.8. The quantitative estimate of drug-likeness (QED) is 0.229. The number of halogens is 6. The first-order valence-electron chi connectivity index (χ1n) is 14.3. The second-order valence-corrected chi connectivity index (χ2v) is 12.3. The van der Waals surface area contributed by atoms with E-state index in [1.165, 1.54) is 4.90 Å². The van der Waals surface area contributed by atoms with Crippen LogP contribution in [0.25, 0.3) is 5.57 Å². The Balaban J connectivity index is 1.87. The van der Waals surface area contributed by atoms with Crippen LogP contribution in [0.2, 0.25) is 0 Å². The van der Waals surface area contributed by atoms with Crippen LogP contribution in [0.4, 0.5) is 32.3 Å². The van der Waals surface area contributed by atoms with Gasteiger partial charge in [-0.1, -0.05) is 38.9 Å². The van der Waals surface area contributed by atoms with Crippen molar-refractivity contribution in [2.75, 3.05) is 18.6 Å². The van der Waals surface area contributed by atoms with Gasteiger partial charge >= 0.3 is 18.3 Å². The highest BCUT2D eigenvalue weighted by Crippen LogP contribution is 2.45. The molecular weight excluding hydrogens is 604 g/mol. The van der Waals surface area contributed by atoms with Crippen LogP contribution in [0.3, 0.4) is 0 Å². The highest BCUT2D eigenvalue weighted by molar-refractivity contribution is 5.75. The smallest absolute Gasteiger partial charge is 0.416 e.